The molecule has 1 aliphatic rings. The Kier molecular flexibility index (Phi) is 5.18. The van der Waals surface area contributed by atoms with Crippen LogP contribution in [0.15, 0.2) is 66.7 Å². The molecule has 0 spiro atoms. The smallest absolute Gasteiger partial charge is 0.321 e. The molecule has 0 saturated carbocycles. The van der Waals surface area contributed by atoms with E-state index >= 15 is 0 Å². The highest BCUT2D eigenvalue weighted by atomic mass is 16.4. The van der Waals surface area contributed by atoms with E-state index in [1.807, 2.05) is 47.4 Å². The van der Waals surface area contributed by atoms with E-state index in [4.69, 9.17) is 0 Å². The summed E-state index contributed by atoms with van der Waals surface area (Å²) < 4.78 is 0. The van der Waals surface area contributed by atoms with Crippen LogP contribution in [0.5, 0.6) is 5.75 Å². The van der Waals surface area contributed by atoms with Gasteiger partial charge in [0.25, 0.3) is 5.91 Å². The SMILES string of the molecule is O=C(N[C@H]1C[C@@H](C(=O)O)N(Cc2ccccc2)C1)c1ccc2ccccc2c1O. The molecule has 0 aromatic heterocycles. The first-order chi connectivity index (χ1) is 14.0. The molecule has 148 valence electrons. The number of likely N-dealkylation sites (tertiary alicyclic amines) is 1. The monoisotopic (exact) mass is 390 g/mol. The van der Waals surface area contributed by atoms with Crippen molar-refractivity contribution in [2.24, 2.45) is 0 Å². The highest BCUT2D eigenvalue weighted by Gasteiger charge is 2.37. The van der Waals surface area contributed by atoms with Gasteiger partial charge in [0.05, 0.1) is 5.56 Å². The number of aliphatic carboxylic acids is 1. The molecule has 2 atom stereocenters. The highest BCUT2D eigenvalue weighted by molar-refractivity contribution is 6.03. The maximum absolute atomic E-state index is 12.8. The predicted octanol–water partition coefficient (Wildman–Crippen LogP) is 3.00. The first-order valence-corrected chi connectivity index (χ1v) is 9.55. The minimum atomic E-state index is -0.897. The van der Waals surface area contributed by atoms with Gasteiger partial charge in [-0.3, -0.25) is 14.5 Å². The van der Waals surface area contributed by atoms with Gasteiger partial charge < -0.3 is 15.5 Å². The molecule has 4 rings (SSSR count). The van der Waals surface area contributed by atoms with Crippen LogP contribution in [-0.4, -0.2) is 45.6 Å². The molecule has 6 nitrogen and oxygen atoms in total. The number of aromatic hydroxyl groups is 1. The van der Waals surface area contributed by atoms with Crippen molar-refractivity contribution in [3.05, 3.63) is 77.9 Å². The number of nitrogens with one attached hydrogen (secondary N) is 1. The summed E-state index contributed by atoms with van der Waals surface area (Å²) in [7, 11) is 0. The van der Waals surface area contributed by atoms with Crippen molar-refractivity contribution in [2.75, 3.05) is 6.54 Å². The standard InChI is InChI=1S/C23H22N2O4/c26-21-18-9-5-4-8-16(18)10-11-19(21)22(27)24-17-12-20(23(28)29)25(14-17)13-15-6-2-1-3-7-15/h1-11,17,20,26H,12-14H2,(H,24,27)(H,28,29)/t17-,20-/m0/s1. The number of amides is 1. The molecule has 0 radical (unpaired) electrons. The number of carboxylic acid groups (broad SMARTS) is 1. The van der Waals surface area contributed by atoms with Gasteiger partial charge in [-0.2, -0.15) is 0 Å². The van der Waals surface area contributed by atoms with Crippen LogP contribution in [0.3, 0.4) is 0 Å². The highest BCUT2D eigenvalue weighted by Crippen LogP contribution is 2.29. The molecule has 6 heteroatoms. The number of hydrogen-bond acceptors (Lipinski definition) is 4. The fraction of sp³-hybridized carbons (Fsp3) is 0.217. The van der Waals surface area contributed by atoms with Crippen molar-refractivity contribution in [3.63, 3.8) is 0 Å². The van der Waals surface area contributed by atoms with Gasteiger partial charge in [0.1, 0.15) is 11.8 Å². The molecule has 1 saturated heterocycles. The summed E-state index contributed by atoms with van der Waals surface area (Å²) in [6, 6.07) is 19.4. The van der Waals surface area contributed by atoms with Crippen LogP contribution < -0.4 is 5.32 Å². The van der Waals surface area contributed by atoms with Gasteiger partial charge in [0.2, 0.25) is 0 Å². The molecular formula is C23H22N2O4. The summed E-state index contributed by atoms with van der Waals surface area (Å²) in [5.74, 6) is -1.36. The molecule has 3 aromatic carbocycles. The minimum absolute atomic E-state index is 0.0606. The van der Waals surface area contributed by atoms with Gasteiger partial charge in [-0.05, 0) is 23.4 Å². The van der Waals surface area contributed by atoms with Crippen LogP contribution in [0.1, 0.15) is 22.3 Å². The lowest BCUT2D eigenvalue weighted by Gasteiger charge is -2.21. The van der Waals surface area contributed by atoms with Crippen molar-refractivity contribution in [3.8, 4) is 5.75 Å². The zero-order valence-electron chi connectivity index (χ0n) is 15.8. The second-order valence-electron chi connectivity index (χ2n) is 7.36. The van der Waals surface area contributed by atoms with Gasteiger partial charge >= 0.3 is 5.97 Å². The van der Waals surface area contributed by atoms with Gasteiger partial charge in [-0.1, -0.05) is 60.7 Å². The second-order valence-corrected chi connectivity index (χ2v) is 7.36. The van der Waals surface area contributed by atoms with E-state index in [-0.39, 0.29) is 17.4 Å². The predicted molar refractivity (Wildman–Crippen MR) is 110 cm³/mol. The third-order valence-corrected chi connectivity index (χ3v) is 5.40. The number of phenols is 1. The quantitative estimate of drug-likeness (QED) is 0.623. The zero-order chi connectivity index (χ0) is 20.4. The third kappa shape index (κ3) is 3.93. The van der Waals surface area contributed by atoms with Crippen molar-refractivity contribution in [1.29, 1.82) is 0 Å². The fourth-order valence-electron chi connectivity index (χ4n) is 3.96. The summed E-state index contributed by atoms with van der Waals surface area (Å²) in [5.41, 5.74) is 1.22. The summed E-state index contributed by atoms with van der Waals surface area (Å²) >= 11 is 0. The molecule has 1 amide bonds. The number of benzene rings is 3. The molecule has 1 fully saturated rings. The Balaban J connectivity index is 1.50. The molecule has 3 N–H and O–H groups in total. The first kappa shape index (κ1) is 19.0. The summed E-state index contributed by atoms with van der Waals surface area (Å²) in [5, 5.41) is 24.5. The topological polar surface area (TPSA) is 89.9 Å². The molecule has 1 heterocycles. The number of carbonyl (C=O) groups excluding carboxylic acids is 1. The van der Waals surface area contributed by atoms with Crippen LogP contribution in [0.25, 0.3) is 10.8 Å². The largest absolute Gasteiger partial charge is 0.506 e. The Morgan fingerprint density at radius 2 is 1.72 bits per heavy atom. The van der Waals surface area contributed by atoms with Crippen LogP contribution in [0.4, 0.5) is 0 Å². The average Bonchev–Trinajstić information content (AvgIpc) is 3.11. The van der Waals surface area contributed by atoms with E-state index in [1.54, 1.807) is 24.3 Å². The Hall–Kier alpha value is -3.38. The average molecular weight is 390 g/mol. The number of carboxylic acids is 1. The Bertz CT molecular complexity index is 1050. The number of carbonyl (C=O) groups is 2. The molecule has 0 bridgehead atoms. The maximum atomic E-state index is 12.8. The van der Waals surface area contributed by atoms with Crippen LogP contribution in [-0.2, 0) is 11.3 Å². The van der Waals surface area contributed by atoms with E-state index in [0.29, 0.717) is 24.9 Å². The minimum Gasteiger partial charge on any atom is -0.506 e. The van der Waals surface area contributed by atoms with Crippen molar-refractivity contribution < 1.29 is 19.8 Å². The normalized spacial score (nSPS) is 19.3. The van der Waals surface area contributed by atoms with Crippen molar-refractivity contribution >= 4 is 22.6 Å². The maximum Gasteiger partial charge on any atom is 0.321 e. The molecule has 3 aromatic rings. The van der Waals surface area contributed by atoms with Crippen LogP contribution >= 0.6 is 0 Å². The lowest BCUT2D eigenvalue weighted by molar-refractivity contribution is -0.142. The molecule has 0 aliphatic carbocycles. The Labute approximate surface area is 168 Å². The molecular weight excluding hydrogens is 368 g/mol. The van der Waals surface area contributed by atoms with E-state index < -0.39 is 17.9 Å². The first-order valence-electron chi connectivity index (χ1n) is 9.55. The van der Waals surface area contributed by atoms with Crippen LogP contribution in [0.2, 0.25) is 0 Å². The Morgan fingerprint density at radius 3 is 2.48 bits per heavy atom. The number of hydrogen-bond donors (Lipinski definition) is 3. The summed E-state index contributed by atoms with van der Waals surface area (Å²) in [4.78, 5) is 26.3. The number of phenolic OH excluding ortho intramolecular Hbond substituents is 1. The summed E-state index contributed by atoms with van der Waals surface area (Å²) in [6.07, 6.45) is 0.322. The van der Waals surface area contributed by atoms with E-state index in [0.717, 1.165) is 10.9 Å². The number of nitrogens with zero attached hydrogens (tertiary/aromatic N) is 1. The second kappa shape index (κ2) is 7.93. The van der Waals surface area contributed by atoms with E-state index in [9.17, 15) is 19.8 Å². The van der Waals surface area contributed by atoms with E-state index in [2.05, 4.69) is 5.32 Å². The van der Waals surface area contributed by atoms with Crippen LogP contribution in [0, 0.1) is 0 Å². The molecule has 0 unspecified atom stereocenters. The lowest BCUT2D eigenvalue weighted by atomic mass is 10.0. The van der Waals surface area contributed by atoms with Crippen molar-refractivity contribution in [2.45, 2.75) is 25.0 Å². The zero-order valence-corrected chi connectivity index (χ0v) is 15.8. The van der Waals surface area contributed by atoms with Gasteiger partial charge in [-0.25, -0.2) is 0 Å². The third-order valence-electron chi connectivity index (χ3n) is 5.40. The lowest BCUT2D eigenvalue weighted by Crippen LogP contribution is -2.37. The van der Waals surface area contributed by atoms with Crippen molar-refractivity contribution in [1.82, 2.24) is 10.2 Å². The van der Waals surface area contributed by atoms with E-state index in [1.165, 1.54) is 0 Å². The Morgan fingerprint density at radius 1 is 1.00 bits per heavy atom. The fourth-order valence-corrected chi connectivity index (χ4v) is 3.96. The van der Waals surface area contributed by atoms with Gasteiger partial charge in [0.15, 0.2) is 0 Å². The molecule has 29 heavy (non-hydrogen) atoms. The number of rotatable bonds is 5. The molecule has 1 aliphatic heterocycles. The number of fused-ring (bicyclic) bond motifs is 1. The van der Waals surface area contributed by atoms with Gasteiger partial charge in [-0.15, -0.1) is 0 Å². The van der Waals surface area contributed by atoms with Gasteiger partial charge in [0, 0.05) is 24.5 Å². The summed E-state index contributed by atoms with van der Waals surface area (Å²) in [6.45, 7) is 0.942.